The van der Waals surface area contributed by atoms with E-state index in [2.05, 4.69) is 5.32 Å². The zero-order chi connectivity index (χ0) is 22.6. The average molecular weight is 462 g/mol. The fourth-order valence-corrected chi connectivity index (χ4v) is 3.29. The number of rotatable bonds is 7. The highest BCUT2D eigenvalue weighted by Crippen LogP contribution is 2.39. The summed E-state index contributed by atoms with van der Waals surface area (Å²) < 4.78 is 40.5. The maximum absolute atomic E-state index is 13.5. The number of carbonyl (C=O) groups is 2. The molecule has 2 rings (SSSR count). The molecule has 30 heavy (non-hydrogen) atoms. The number of amides is 1. The van der Waals surface area contributed by atoms with Gasteiger partial charge in [0.2, 0.25) is 5.91 Å². The standard InChI is InChI=1S/C21H20Cl2F3NO3/c1-11-9-14(5-7-15(11)22)19(12(2)21(24,25)26)20(30)27-17-10-13(3-6-16(17)23)4-8-18(28)29/h3,5-7,9-10,12,19H,4,8H2,1-2H3,(H,27,30)(H,28,29). The van der Waals surface area contributed by atoms with Crippen LogP contribution in [0.2, 0.25) is 10.0 Å². The van der Waals surface area contributed by atoms with E-state index in [1.807, 2.05) is 0 Å². The number of halogens is 5. The first-order valence-electron chi connectivity index (χ1n) is 9.04. The van der Waals surface area contributed by atoms with Gasteiger partial charge in [0.05, 0.1) is 22.5 Å². The molecule has 0 aliphatic rings. The number of carbonyl (C=O) groups excluding carboxylic acids is 1. The van der Waals surface area contributed by atoms with Crippen molar-refractivity contribution in [1.29, 1.82) is 0 Å². The van der Waals surface area contributed by atoms with Crippen molar-refractivity contribution < 1.29 is 27.9 Å². The molecule has 0 spiro atoms. The van der Waals surface area contributed by atoms with Gasteiger partial charge in [-0.15, -0.1) is 0 Å². The smallest absolute Gasteiger partial charge is 0.392 e. The molecule has 2 aromatic rings. The number of aliphatic carboxylic acids is 1. The van der Waals surface area contributed by atoms with E-state index in [1.165, 1.54) is 30.3 Å². The van der Waals surface area contributed by atoms with Crippen LogP contribution in [-0.4, -0.2) is 23.2 Å². The molecule has 0 bridgehead atoms. The first kappa shape index (κ1) is 24.0. The third-order valence-corrected chi connectivity index (χ3v) is 5.51. The summed E-state index contributed by atoms with van der Waals surface area (Å²) in [5.41, 5.74) is 1.43. The lowest BCUT2D eigenvalue weighted by molar-refractivity contribution is -0.178. The quantitative estimate of drug-likeness (QED) is 0.512. The summed E-state index contributed by atoms with van der Waals surface area (Å²) in [4.78, 5) is 23.7. The zero-order valence-electron chi connectivity index (χ0n) is 16.2. The number of nitrogens with one attached hydrogen (secondary N) is 1. The zero-order valence-corrected chi connectivity index (χ0v) is 17.7. The van der Waals surface area contributed by atoms with Gasteiger partial charge in [0.15, 0.2) is 0 Å². The predicted molar refractivity (Wildman–Crippen MR) is 110 cm³/mol. The molecule has 0 saturated carbocycles. The molecule has 0 saturated heterocycles. The van der Waals surface area contributed by atoms with Crippen LogP contribution in [0.3, 0.4) is 0 Å². The second kappa shape index (κ2) is 9.71. The van der Waals surface area contributed by atoms with E-state index in [1.54, 1.807) is 13.0 Å². The van der Waals surface area contributed by atoms with Crippen molar-refractivity contribution in [2.24, 2.45) is 5.92 Å². The molecule has 0 aliphatic carbocycles. The van der Waals surface area contributed by atoms with Crippen LogP contribution >= 0.6 is 23.2 Å². The van der Waals surface area contributed by atoms with Crippen molar-refractivity contribution in [3.05, 3.63) is 63.1 Å². The first-order valence-corrected chi connectivity index (χ1v) is 9.79. The molecule has 4 nitrogen and oxygen atoms in total. The Morgan fingerprint density at radius 3 is 2.30 bits per heavy atom. The van der Waals surface area contributed by atoms with E-state index in [4.69, 9.17) is 28.3 Å². The monoisotopic (exact) mass is 461 g/mol. The average Bonchev–Trinajstić information content (AvgIpc) is 2.64. The predicted octanol–water partition coefficient (Wildman–Crippen LogP) is 6.24. The molecule has 0 radical (unpaired) electrons. The van der Waals surface area contributed by atoms with Crippen LogP contribution in [0.15, 0.2) is 36.4 Å². The number of alkyl halides is 3. The van der Waals surface area contributed by atoms with Crippen LogP contribution in [0.25, 0.3) is 0 Å². The van der Waals surface area contributed by atoms with Gasteiger partial charge in [-0.1, -0.05) is 48.3 Å². The number of carboxylic acids is 1. The van der Waals surface area contributed by atoms with Gasteiger partial charge >= 0.3 is 12.1 Å². The van der Waals surface area contributed by atoms with E-state index in [9.17, 15) is 22.8 Å². The second-order valence-electron chi connectivity index (χ2n) is 7.01. The third kappa shape index (κ3) is 6.12. The highest BCUT2D eigenvalue weighted by molar-refractivity contribution is 6.33. The van der Waals surface area contributed by atoms with Gasteiger partial charge in [0.25, 0.3) is 0 Å². The highest BCUT2D eigenvalue weighted by Gasteiger charge is 2.45. The molecule has 0 aliphatic heterocycles. The molecule has 2 unspecified atom stereocenters. The SMILES string of the molecule is Cc1cc(C(C(=O)Nc2cc(CCC(=O)O)ccc2Cl)C(C)C(F)(F)F)ccc1Cl. The van der Waals surface area contributed by atoms with Gasteiger partial charge in [-0.05, 0) is 48.2 Å². The fourth-order valence-electron chi connectivity index (χ4n) is 3.00. The number of carboxylic acid groups (broad SMARTS) is 1. The van der Waals surface area contributed by atoms with Gasteiger partial charge in [-0.25, -0.2) is 0 Å². The minimum atomic E-state index is -4.61. The van der Waals surface area contributed by atoms with E-state index < -0.39 is 29.9 Å². The number of hydrogen-bond donors (Lipinski definition) is 2. The largest absolute Gasteiger partial charge is 0.481 e. The molecule has 2 aromatic carbocycles. The van der Waals surface area contributed by atoms with Crippen LogP contribution in [0.5, 0.6) is 0 Å². The van der Waals surface area contributed by atoms with Gasteiger partial charge in [0.1, 0.15) is 0 Å². The van der Waals surface area contributed by atoms with Crippen LogP contribution < -0.4 is 5.32 Å². The Balaban J connectivity index is 2.38. The summed E-state index contributed by atoms with van der Waals surface area (Å²) in [5.74, 6) is -5.36. The molecular formula is C21H20Cl2F3NO3. The minimum Gasteiger partial charge on any atom is -0.481 e. The third-order valence-electron chi connectivity index (χ3n) is 4.76. The molecule has 0 aromatic heterocycles. The van der Waals surface area contributed by atoms with Crippen LogP contribution in [-0.2, 0) is 16.0 Å². The molecule has 0 fully saturated rings. The molecule has 1 amide bonds. The number of anilines is 1. The number of aryl methyl sites for hydroxylation is 2. The van der Waals surface area contributed by atoms with E-state index >= 15 is 0 Å². The van der Waals surface area contributed by atoms with Crippen LogP contribution in [0, 0.1) is 12.8 Å². The van der Waals surface area contributed by atoms with Crippen molar-refractivity contribution in [3.63, 3.8) is 0 Å². The Kier molecular flexibility index (Phi) is 7.77. The number of benzene rings is 2. The van der Waals surface area contributed by atoms with Gasteiger partial charge < -0.3 is 10.4 Å². The van der Waals surface area contributed by atoms with Crippen molar-refractivity contribution >= 4 is 40.8 Å². The van der Waals surface area contributed by atoms with E-state index in [0.29, 0.717) is 16.1 Å². The summed E-state index contributed by atoms with van der Waals surface area (Å²) in [5, 5.41) is 11.8. The fraction of sp³-hybridized carbons (Fsp3) is 0.333. The lowest BCUT2D eigenvalue weighted by Gasteiger charge is -2.26. The molecule has 2 N–H and O–H groups in total. The maximum Gasteiger partial charge on any atom is 0.392 e. The highest BCUT2D eigenvalue weighted by atomic mass is 35.5. The summed E-state index contributed by atoms with van der Waals surface area (Å²) >= 11 is 12.1. The maximum atomic E-state index is 13.5. The lowest BCUT2D eigenvalue weighted by atomic mass is 9.85. The summed E-state index contributed by atoms with van der Waals surface area (Å²) in [6.45, 7) is 2.58. The molecule has 9 heteroatoms. The van der Waals surface area contributed by atoms with Crippen molar-refractivity contribution in [3.8, 4) is 0 Å². The van der Waals surface area contributed by atoms with Gasteiger partial charge in [0, 0.05) is 11.4 Å². The summed E-state index contributed by atoms with van der Waals surface area (Å²) in [6, 6.07) is 8.83. The van der Waals surface area contributed by atoms with Gasteiger partial charge in [-0.2, -0.15) is 13.2 Å². The first-order chi connectivity index (χ1) is 13.9. The molecule has 2 atom stereocenters. The van der Waals surface area contributed by atoms with E-state index in [0.717, 1.165) is 6.92 Å². The van der Waals surface area contributed by atoms with Crippen molar-refractivity contribution in [1.82, 2.24) is 0 Å². The lowest BCUT2D eigenvalue weighted by Crippen LogP contribution is -2.34. The summed E-state index contributed by atoms with van der Waals surface area (Å²) in [6.07, 6.45) is -4.55. The minimum absolute atomic E-state index is 0.120. The summed E-state index contributed by atoms with van der Waals surface area (Å²) in [7, 11) is 0. The van der Waals surface area contributed by atoms with Crippen molar-refractivity contribution in [2.75, 3.05) is 5.32 Å². The normalized spacial score (nSPS) is 13.6. The van der Waals surface area contributed by atoms with Crippen molar-refractivity contribution in [2.45, 2.75) is 38.8 Å². The Labute approximate surface area is 182 Å². The van der Waals surface area contributed by atoms with Gasteiger partial charge in [-0.3, -0.25) is 9.59 Å². The molecule has 162 valence electrons. The second-order valence-corrected chi connectivity index (χ2v) is 7.83. The Morgan fingerprint density at radius 1 is 1.10 bits per heavy atom. The topological polar surface area (TPSA) is 66.4 Å². The molecule has 0 heterocycles. The van der Waals surface area contributed by atoms with E-state index in [-0.39, 0.29) is 29.1 Å². The Hall–Kier alpha value is -2.25. The Morgan fingerprint density at radius 2 is 1.73 bits per heavy atom. The van der Waals surface area contributed by atoms with Crippen LogP contribution in [0.4, 0.5) is 18.9 Å². The molecular weight excluding hydrogens is 442 g/mol. The Bertz CT molecular complexity index is 948. The number of hydrogen-bond acceptors (Lipinski definition) is 2. The van der Waals surface area contributed by atoms with Crippen LogP contribution in [0.1, 0.15) is 36.0 Å².